The number of nitriles is 1. The third-order valence-corrected chi connectivity index (χ3v) is 3.48. The van der Waals surface area contributed by atoms with E-state index >= 15 is 0 Å². The number of halogens is 3. The van der Waals surface area contributed by atoms with Gasteiger partial charge in [-0.3, -0.25) is 0 Å². The van der Waals surface area contributed by atoms with Gasteiger partial charge < -0.3 is 11.1 Å². The Kier molecular flexibility index (Phi) is 4.01. The van der Waals surface area contributed by atoms with Gasteiger partial charge in [-0.2, -0.15) is 5.26 Å². The van der Waals surface area contributed by atoms with Crippen LogP contribution in [0.25, 0.3) is 0 Å². The van der Waals surface area contributed by atoms with E-state index < -0.39 is 0 Å². The molecular formula is C12H7Cl3N4. The molecule has 2 aromatic rings. The highest BCUT2D eigenvalue weighted by atomic mass is 35.5. The number of anilines is 3. The number of pyridine rings is 1. The topological polar surface area (TPSA) is 74.7 Å². The first kappa shape index (κ1) is 13.8. The molecule has 3 N–H and O–H groups in total. The third-order valence-electron chi connectivity index (χ3n) is 2.36. The van der Waals surface area contributed by atoms with Crippen molar-refractivity contribution in [3.8, 4) is 6.07 Å². The second-order valence-corrected chi connectivity index (χ2v) is 4.69. The molecule has 19 heavy (non-hydrogen) atoms. The number of para-hydroxylation sites is 2. The lowest BCUT2D eigenvalue weighted by Crippen LogP contribution is -2.00. The molecule has 0 bridgehead atoms. The van der Waals surface area contributed by atoms with Crippen LogP contribution in [-0.4, -0.2) is 4.98 Å². The van der Waals surface area contributed by atoms with Crippen molar-refractivity contribution in [3.63, 3.8) is 0 Å². The molecule has 0 saturated heterocycles. The Labute approximate surface area is 124 Å². The van der Waals surface area contributed by atoms with Gasteiger partial charge in [0, 0.05) is 0 Å². The summed E-state index contributed by atoms with van der Waals surface area (Å²) in [6.07, 6.45) is 0. The lowest BCUT2D eigenvalue weighted by Gasteiger charge is -2.11. The SMILES string of the molecule is N#Cc1c(Cl)nc(Nc2ccccc2N)c(Cl)c1Cl. The van der Waals surface area contributed by atoms with Crippen LogP contribution in [0, 0.1) is 11.3 Å². The molecule has 1 heterocycles. The van der Waals surface area contributed by atoms with Crippen molar-refractivity contribution in [1.29, 1.82) is 5.26 Å². The number of hydrogen-bond acceptors (Lipinski definition) is 4. The van der Waals surface area contributed by atoms with E-state index in [4.69, 9.17) is 45.8 Å². The van der Waals surface area contributed by atoms with Gasteiger partial charge in [-0.05, 0) is 12.1 Å². The Hall–Kier alpha value is -1.67. The Bertz CT molecular complexity index is 679. The zero-order valence-electron chi connectivity index (χ0n) is 9.42. The van der Waals surface area contributed by atoms with Gasteiger partial charge in [0.05, 0.1) is 16.4 Å². The fourth-order valence-corrected chi connectivity index (χ4v) is 2.10. The fraction of sp³-hybridized carbons (Fsp3) is 0. The van der Waals surface area contributed by atoms with Gasteiger partial charge in [0.25, 0.3) is 0 Å². The van der Waals surface area contributed by atoms with E-state index in [1.165, 1.54) is 0 Å². The minimum atomic E-state index is -0.0195. The summed E-state index contributed by atoms with van der Waals surface area (Å²) in [7, 11) is 0. The van der Waals surface area contributed by atoms with Crippen LogP contribution in [0.4, 0.5) is 17.2 Å². The molecule has 0 radical (unpaired) electrons. The lowest BCUT2D eigenvalue weighted by molar-refractivity contribution is 1.29. The monoisotopic (exact) mass is 312 g/mol. The minimum absolute atomic E-state index is 0.0195. The van der Waals surface area contributed by atoms with Crippen molar-refractivity contribution >= 4 is 52.0 Å². The Balaban J connectivity index is 2.48. The average molecular weight is 314 g/mol. The molecule has 2 rings (SSSR count). The molecule has 0 saturated carbocycles. The Morgan fingerprint density at radius 3 is 2.47 bits per heavy atom. The summed E-state index contributed by atoms with van der Waals surface area (Å²) in [6, 6.07) is 8.93. The third kappa shape index (κ3) is 2.69. The summed E-state index contributed by atoms with van der Waals surface area (Å²) in [5.74, 6) is 0.244. The van der Waals surface area contributed by atoms with E-state index in [9.17, 15) is 0 Å². The van der Waals surface area contributed by atoms with Gasteiger partial charge in [-0.1, -0.05) is 46.9 Å². The zero-order chi connectivity index (χ0) is 14.0. The highest BCUT2D eigenvalue weighted by molar-refractivity contribution is 6.45. The molecule has 96 valence electrons. The minimum Gasteiger partial charge on any atom is -0.397 e. The van der Waals surface area contributed by atoms with E-state index in [1.807, 2.05) is 6.07 Å². The Morgan fingerprint density at radius 1 is 1.16 bits per heavy atom. The largest absolute Gasteiger partial charge is 0.397 e. The molecule has 0 aliphatic heterocycles. The quantitative estimate of drug-likeness (QED) is 0.642. The van der Waals surface area contributed by atoms with Crippen LogP contribution in [0.2, 0.25) is 15.2 Å². The number of nitrogens with one attached hydrogen (secondary N) is 1. The summed E-state index contributed by atoms with van der Waals surface area (Å²) in [6.45, 7) is 0. The van der Waals surface area contributed by atoms with Crippen LogP contribution < -0.4 is 11.1 Å². The summed E-state index contributed by atoms with van der Waals surface area (Å²) in [5.41, 5.74) is 6.98. The molecule has 0 unspecified atom stereocenters. The van der Waals surface area contributed by atoms with Crippen molar-refractivity contribution in [2.24, 2.45) is 0 Å². The standard InChI is InChI=1S/C12H7Cl3N4/c13-9-6(5-16)11(15)19-12(10(9)14)18-8-4-2-1-3-7(8)17/h1-4H,17H2,(H,18,19). The summed E-state index contributed by atoms with van der Waals surface area (Å²) >= 11 is 17.9. The fourth-order valence-electron chi connectivity index (χ4n) is 1.42. The van der Waals surface area contributed by atoms with E-state index in [-0.39, 0.29) is 26.6 Å². The van der Waals surface area contributed by atoms with Gasteiger partial charge >= 0.3 is 0 Å². The predicted octanol–water partition coefficient (Wildman–Crippen LogP) is 4.24. The second-order valence-electron chi connectivity index (χ2n) is 3.58. The van der Waals surface area contributed by atoms with Crippen molar-refractivity contribution in [2.45, 2.75) is 0 Å². The number of nitrogens with zero attached hydrogens (tertiary/aromatic N) is 2. The molecule has 0 atom stereocenters. The lowest BCUT2D eigenvalue weighted by atomic mass is 10.2. The maximum absolute atomic E-state index is 8.89. The molecule has 0 amide bonds. The number of benzene rings is 1. The molecule has 0 spiro atoms. The number of nitrogens with two attached hydrogens (primary N) is 1. The second kappa shape index (κ2) is 5.54. The summed E-state index contributed by atoms with van der Waals surface area (Å²) in [5, 5.41) is 12.0. The maximum Gasteiger partial charge on any atom is 0.152 e. The van der Waals surface area contributed by atoms with E-state index in [1.54, 1.807) is 24.3 Å². The molecule has 0 aliphatic rings. The van der Waals surface area contributed by atoms with E-state index in [0.717, 1.165) is 0 Å². The molecule has 1 aromatic carbocycles. The van der Waals surface area contributed by atoms with Gasteiger partial charge in [-0.15, -0.1) is 0 Å². The van der Waals surface area contributed by atoms with Crippen molar-refractivity contribution < 1.29 is 0 Å². The first-order valence-electron chi connectivity index (χ1n) is 5.10. The van der Waals surface area contributed by atoms with Crippen LogP contribution in [0.5, 0.6) is 0 Å². The first-order valence-corrected chi connectivity index (χ1v) is 6.24. The summed E-state index contributed by atoms with van der Waals surface area (Å²) in [4.78, 5) is 4.00. The smallest absolute Gasteiger partial charge is 0.152 e. The van der Waals surface area contributed by atoms with E-state index in [0.29, 0.717) is 11.4 Å². The zero-order valence-corrected chi connectivity index (χ0v) is 11.7. The van der Waals surface area contributed by atoms with Gasteiger partial charge in [0.15, 0.2) is 11.0 Å². The van der Waals surface area contributed by atoms with E-state index in [2.05, 4.69) is 10.3 Å². The van der Waals surface area contributed by atoms with Crippen LogP contribution in [0.15, 0.2) is 24.3 Å². The molecule has 0 aliphatic carbocycles. The predicted molar refractivity (Wildman–Crippen MR) is 78.1 cm³/mol. The van der Waals surface area contributed by atoms with Crippen LogP contribution in [-0.2, 0) is 0 Å². The van der Waals surface area contributed by atoms with Crippen LogP contribution in [0.3, 0.4) is 0 Å². The number of hydrogen-bond donors (Lipinski definition) is 2. The number of aromatic nitrogens is 1. The van der Waals surface area contributed by atoms with Crippen LogP contribution in [0.1, 0.15) is 5.56 Å². The first-order chi connectivity index (χ1) is 9.04. The number of nitrogen functional groups attached to an aromatic ring is 1. The molecule has 1 aromatic heterocycles. The molecule has 4 nitrogen and oxygen atoms in total. The maximum atomic E-state index is 8.89. The van der Waals surface area contributed by atoms with Gasteiger partial charge in [0.2, 0.25) is 0 Å². The van der Waals surface area contributed by atoms with Crippen molar-refractivity contribution in [2.75, 3.05) is 11.1 Å². The highest BCUT2D eigenvalue weighted by Gasteiger charge is 2.16. The summed E-state index contributed by atoms with van der Waals surface area (Å²) < 4.78 is 0. The number of rotatable bonds is 2. The molecule has 0 fully saturated rings. The van der Waals surface area contributed by atoms with Gasteiger partial charge in [0.1, 0.15) is 16.7 Å². The molecule has 7 heteroatoms. The Morgan fingerprint density at radius 2 is 1.84 bits per heavy atom. The van der Waals surface area contributed by atoms with Crippen molar-refractivity contribution in [3.05, 3.63) is 45.0 Å². The van der Waals surface area contributed by atoms with Crippen LogP contribution >= 0.6 is 34.8 Å². The van der Waals surface area contributed by atoms with Gasteiger partial charge in [-0.25, -0.2) is 4.98 Å². The average Bonchev–Trinajstić information content (AvgIpc) is 2.39. The highest BCUT2D eigenvalue weighted by Crippen LogP contribution is 2.36. The molecular weight excluding hydrogens is 307 g/mol. The normalized spacial score (nSPS) is 10.0. The van der Waals surface area contributed by atoms with Crippen molar-refractivity contribution in [1.82, 2.24) is 4.98 Å².